The van der Waals surface area contributed by atoms with Crippen LogP contribution in [0.25, 0.3) is 0 Å². The molecule has 2 aromatic carbocycles. The first-order valence-electron chi connectivity index (χ1n) is 14.0. The topological polar surface area (TPSA) is 142 Å². The molecule has 2 aliphatic rings. The fourth-order valence-corrected chi connectivity index (χ4v) is 6.82. The fraction of sp³-hybridized carbons (Fsp3) is 0.281. The van der Waals surface area contributed by atoms with Gasteiger partial charge in [0.05, 0.1) is 35.3 Å². The van der Waals surface area contributed by atoms with E-state index in [-0.39, 0.29) is 53.5 Å². The standard InChI is InChI=1S/C32H30FN3O7S/c1-4-42-31(38)26-20(24-11-8-14-44-24)16-23-27(29(26)37)25(19-9-6-7-10-21(19)33)28(32(39)43-5-2)30(34)35(23)22-15-18(36(40)41)13-12-17(22)3/h6-15,20,25-26H,4-5,16,34H2,1-3H3. The SMILES string of the molecule is CCOC(=O)C1=C(N)N(c2cc([N+](=O)[O-])ccc2C)C2=C(C(=O)C(C(=O)OCC)C(c3cccs3)C2)C1c1ccccc1F. The van der Waals surface area contributed by atoms with Crippen LogP contribution < -0.4 is 10.6 Å². The number of ether oxygens (including phenoxy) is 2. The number of carbonyl (C=O) groups is 3. The number of carbonyl (C=O) groups excluding carboxylic acids is 3. The highest BCUT2D eigenvalue weighted by Crippen LogP contribution is 2.53. The minimum Gasteiger partial charge on any atom is -0.465 e. The first-order valence-corrected chi connectivity index (χ1v) is 14.9. The van der Waals surface area contributed by atoms with Gasteiger partial charge in [-0.05, 0) is 50.3 Å². The molecule has 2 N–H and O–H groups in total. The van der Waals surface area contributed by atoms with Crippen LogP contribution in [0.15, 0.2) is 82.6 Å². The van der Waals surface area contributed by atoms with Crippen molar-refractivity contribution in [3.05, 3.63) is 115 Å². The lowest BCUT2D eigenvalue weighted by atomic mass is 9.68. The summed E-state index contributed by atoms with van der Waals surface area (Å²) in [6.07, 6.45) is 0.0644. The van der Waals surface area contributed by atoms with E-state index in [1.807, 2.05) is 11.4 Å². The Kier molecular flexibility index (Phi) is 8.63. The number of non-ortho nitro benzene ring substituents is 1. The molecule has 44 heavy (non-hydrogen) atoms. The van der Waals surface area contributed by atoms with Gasteiger partial charge in [0.2, 0.25) is 0 Å². The second-order valence-electron chi connectivity index (χ2n) is 10.3. The number of thiophene rings is 1. The molecule has 0 radical (unpaired) electrons. The summed E-state index contributed by atoms with van der Waals surface area (Å²) in [7, 11) is 0. The largest absolute Gasteiger partial charge is 0.465 e. The highest BCUT2D eigenvalue weighted by molar-refractivity contribution is 7.10. The minimum absolute atomic E-state index is 0.00745. The van der Waals surface area contributed by atoms with Crippen LogP contribution in [-0.4, -0.2) is 35.9 Å². The Balaban J connectivity index is 1.87. The van der Waals surface area contributed by atoms with E-state index >= 15 is 4.39 Å². The summed E-state index contributed by atoms with van der Waals surface area (Å²) in [5, 5.41) is 13.6. The minimum atomic E-state index is -1.32. The van der Waals surface area contributed by atoms with Crippen molar-refractivity contribution in [1.29, 1.82) is 0 Å². The molecule has 0 bridgehead atoms. The Bertz CT molecular complexity index is 1720. The van der Waals surface area contributed by atoms with E-state index in [9.17, 15) is 24.5 Å². The van der Waals surface area contributed by atoms with Gasteiger partial charge in [0.25, 0.3) is 5.69 Å². The van der Waals surface area contributed by atoms with Crippen LogP contribution in [0.4, 0.5) is 15.8 Å². The molecule has 3 unspecified atom stereocenters. The molecule has 0 amide bonds. The zero-order valence-electron chi connectivity index (χ0n) is 24.2. The van der Waals surface area contributed by atoms with Gasteiger partial charge in [-0.1, -0.05) is 30.3 Å². The van der Waals surface area contributed by atoms with Gasteiger partial charge in [-0.2, -0.15) is 0 Å². The molecule has 2 heterocycles. The summed E-state index contributed by atoms with van der Waals surface area (Å²) in [5.74, 6) is -6.44. The van der Waals surface area contributed by atoms with E-state index in [1.165, 1.54) is 52.6 Å². The van der Waals surface area contributed by atoms with Crippen molar-refractivity contribution >= 4 is 40.4 Å². The summed E-state index contributed by atoms with van der Waals surface area (Å²) in [5.41, 5.74) is 7.43. The average Bonchev–Trinajstić information content (AvgIpc) is 3.52. The number of halogens is 1. The zero-order valence-corrected chi connectivity index (χ0v) is 25.1. The number of anilines is 1. The monoisotopic (exact) mass is 619 g/mol. The molecular formula is C32H30FN3O7S. The number of Topliss-reactive ketones (excluding diaryl/α,β-unsaturated/α-hetero) is 1. The van der Waals surface area contributed by atoms with Crippen LogP contribution >= 0.6 is 11.3 Å². The molecule has 0 saturated carbocycles. The van der Waals surface area contributed by atoms with Crippen molar-refractivity contribution in [1.82, 2.24) is 0 Å². The van der Waals surface area contributed by atoms with Crippen molar-refractivity contribution < 1.29 is 33.2 Å². The van der Waals surface area contributed by atoms with Gasteiger partial charge >= 0.3 is 11.9 Å². The van der Waals surface area contributed by atoms with Gasteiger partial charge in [0.15, 0.2) is 5.78 Å². The first-order chi connectivity index (χ1) is 21.1. The maximum atomic E-state index is 15.6. The van der Waals surface area contributed by atoms with E-state index in [2.05, 4.69) is 0 Å². The van der Waals surface area contributed by atoms with Gasteiger partial charge in [-0.3, -0.25) is 24.6 Å². The number of ketones is 1. The normalized spacial score (nSPS) is 20.0. The predicted octanol–water partition coefficient (Wildman–Crippen LogP) is 5.63. The third kappa shape index (κ3) is 5.25. The predicted molar refractivity (Wildman–Crippen MR) is 161 cm³/mol. The maximum absolute atomic E-state index is 15.6. The number of aryl methyl sites for hydroxylation is 1. The second kappa shape index (κ2) is 12.4. The molecule has 3 atom stereocenters. The van der Waals surface area contributed by atoms with Crippen LogP contribution in [0.2, 0.25) is 0 Å². The van der Waals surface area contributed by atoms with Crippen molar-refractivity contribution in [2.45, 2.75) is 39.0 Å². The van der Waals surface area contributed by atoms with Crippen LogP contribution in [0.5, 0.6) is 0 Å². The summed E-state index contributed by atoms with van der Waals surface area (Å²) < 4.78 is 26.3. The maximum Gasteiger partial charge on any atom is 0.338 e. The number of allylic oxidation sites excluding steroid dienone is 2. The van der Waals surface area contributed by atoms with Crippen LogP contribution in [0.3, 0.4) is 0 Å². The van der Waals surface area contributed by atoms with E-state index in [0.717, 1.165) is 4.88 Å². The molecule has 10 nitrogen and oxygen atoms in total. The quantitative estimate of drug-likeness (QED) is 0.147. The van der Waals surface area contributed by atoms with E-state index in [0.29, 0.717) is 11.3 Å². The molecule has 5 rings (SSSR count). The Morgan fingerprint density at radius 3 is 2.48 bits per heavy atom. The summed E-state index contributed by atoms with van der Waals surface area (Å²) >= 11 is 1.36. The molecule has 0 spiro atoms. The number of nitro groups is 1. The molecule has 12 heteroatoms. The highest BCUT2D eigenvalue weighted by Gasteiger charge is 2.52. The van der Waals surface area contributed by atoms with Crippen molar-refractivity contribution in [2.24, 2.45) is 11.7 Å². The number of benzene rings is 2. The number of rotatable bonds is 8. The lowest BCUT2D eigenvalue weighted by molar-refractivity contribution is -0.384. The highest BCUT2D eigenvalue weighted by atomic mass is 32.1. The molecule has 228 valence electrons. The van der Waals surface area contributed by atoms with Gasteiger partial charge in [0.1, 0.15) is 17.6 Å². The number of nitrogens with zero attached hydrogens (tertiary/aromatic N) is 2. The Morgan fingerprint density at radius 2 is 1.84 bits per heavy atom. The number of hydrogen-bond acceptors (Lipinski definition) is 10. The van der Waals surface area contributed by atoms with Gasteiger partial charge in [-0.25, -0.2) is 9.18 Å². The molecule has 3 aromatic rings. The molecule has 0 saturated heterocycles. The summed E-state index contributed by atoms with van der Waals surface area (Å²) in [6.45, 7) is 4.93. The van der Waals surface area contributed by atoms with Crippen LogP contribution in [0.1, 0.15) is 48.1 Å². The summed E-state index contributed by atoms with van der Waals surface area (Å²) in [6, 6.07) is 13.5. The smallest absolute Gasteiger partial charge is 0.338 e. The van der Waals surface area contributed by atoms with Crippen LogP contribution in [0, 0.1) is 28.8 Å². The van der Waals surface area contributed by atoms with Gasteiger partial charge in [0, 0.05) is 39.8 Å². The molecule has 1 aliphatic carbocycles. The molecule has 1 aliphatic heterocycles. The number of nitrogens with two attached hydrogens (primary N) is 1. The number of esters is 2. The van der Waals surface area contributed by atoms with Crippen LogP contribution in [-0.2, 0) is 23.9 Å². The van der Waals surface area contributed by atoms with Gasteiger partial charge in [-0.15, -0.1) is 11.3 Å². The third-order valence-corrected chi connectivity index (χ3v) is 8.85. The second-order valence-corrected chi connectivity index (χ2v) is 11.3. The fourth-order valence-electron chi connectivity index (χ4n) is 5.96. The van der Waals surface area contributed by atoms with Crippen molar-refractivity contribution in [3.8, 4) is 0 Å². The van der Waals surface area contributed by atoms with E-state index in [1.54, 1.807) is 32.9 Å². The van der Waals surface area contributed by atoms with E-state index in [4.69, 9.17) is 15.2 Å². The van der Waals surface area contributed by atoms with Crippen molar-refractivity contribution in [2.75, 3.05) is 18.1 Å². The first kappa shape index (κ1) is 30.6. The Morgan fingerprint density at radius 1 is 1.11 bits per heavy atom. The third-order valence-electron chi connectivity index (χ3n) is 7.84. The lowest BCUT2D eigenvalue weighted by Crippen LogP contribution is -2.46. The summed E-state index contributed by atoms with van der Waals surface area (Å²) in [4.78, 5) is 55.2. The average molecular weight is 620 g/mol. The molecular weight excluding hydrogens is 589 g/mol. The lowest BCUT2D eigenvalue weighted by Gasteiger charge is -2.44. The molecule has 1 aromatic heterocycles. The van der Waals surface area contributed by atoms with Crippen molar-refractivity contribution in [3.63, 3.8) is 0 Å². The van der Waals surface area contributed by atoms with Gasteiger partial charge < -0.3 is 15.2 Å². The number of hydrogen-bond donors (Lipinski definition) is 1. The van der Waals surface area contributed by atoms with E-state index < -0.39 is 46.2 Å². The Labute approximate surface area is 256 Å². The molecule has 0 fully saturated rings. The Hall–Kier alpha value is -4.84. The number of nitro benzene ring substituents is 1. The zero-order chi connectivity index (χ0) is 31.7.